The molecular weight excluding hydrogens is 264 g/mol. The number of likely N-dealkylation sites (N-methyl/N-ethyl adjacent to an activating group) is 1. The van der Waals surface area contributed by atoms with Gasteiger partial charge in [0.05, 0.1) is 11.5 Å². The molecule has 0 aromatic heterocycles. The Morgan fingerprint density at radius 2 is 1.79 bits per heavy atom. The lowest BCUT2D eigenvalue weighted by molar-refractivity contribution is 0.138. The second-order valence-corrected chi connectivity index (χ2v) is 6.49. The van der Waals surface area contributed by atoms with E-state index in [1.165, 1.54) is 4.31 Å². The largest absolute Gasteiger partial charge is 0.399 e. The van der Waals surface area contributed by atoms with Gasteiger partial charge in [0.1, 0.15) is 0 Å². The summed E-state index contributed by atoms with van der Waals surface area (Å²) >= 11 is 0. The summed E-state index contributed by atoms with van der Waals surface area (Å²) in [5.74, 6) is 0. The fourth-order valence-corrected chi connectivity index (χ4v) is 3.56. The summed E-state index contributed by atoms with van der Waals surface area (Å²) in [7, 11) is -1.94. The number of nitrogen functional groups attached to an aromatic ring is 1. The zero-order valence-corrected chi connectivity index (χ0v) is 12.8. The molecule has 19 heavy (non-hydrogen) atoms. The SMILES string of the molecule is CCOCCN(C)S(=O)(=O)c1c(C)cc(N)cc1C. The number of hydrogen-bond donors (Lipinski definition) is 1. The first-order chi connectivity index (χ1) is 8.80. The van der Waals surface area contributed by atoms with Crippen LogP contribution in [0.5, 0.6) is 0 Å². The third kappa shape index (κ3) is 3.68. The Bertz CT molecular complexity index is 518. The van der Waals surface area contributed by atoms with Crippen LogP contribution in [0.2, 0.25) is 0 Å². The molecule has 0 saturated heterocycles. The standard InChI is InChI=1S/C13H22N2O3S/c1-5-18-7-6-15(4)19(16,17)13-10(2)8-12(14)9-11(13)3/h8-9H,5-7,14H2,1-4H3. The van der Waals surface area contributed by atoms with Crippen molar-refractivity contribution in [2.24, 2.45) is 0 Å². The van der Waals surface area contributed by atoms with Gasteiger partial charge in [-0.05, 0) is 44.0 Å². The zero-order chi connectivity index (χ0) is 14.6. The Morgan fingerprint density at radius 1 is 1.26 bits per heavy atom. The first-order valence-corrected chi connectivity index (χ1v) is 7.65. The molecule has 0 fully saturated rings. The molecule has 0 bridgehead atoms. The van der Waals surface area contributed by atoms with Crippen LogP contribution in [-0.4, -0.2) is 39.5 Å². The van der Waals surface area contributed by atoms with Crippen molar-refractivity contribution in [2.75, 3.05) is 32.5 Å². The molecule has 1 aromatic carbocycles. The van der Waals surface area contributed by atoms with Crippen LogP contribution < -0.4 is 5.73 Å². The smallest absolute Gasteiger partial charge is 0.243 e. The summed E-state index contributed by atoms with van der Waals surface area (Å²) in [4.78, 5) is 0.334. The van der Waals surface area contributed by atoms with Gasteiger partial charge in [-0.1, -0.05) is 0 Å². The highest BCUT2D eigenvalue weighted by atomic mass is 32.2. The molecular formula is C13H22N2O3S. The summed E-state index contributed by atoms with van der Waals surface area (Å²) in [6, 6.07) is 3.35. The second kappa shape index (κ2) is 6.36. The summed E-state index contributed by atoms with van der Waals surface area (Å²) in [5.41, 5.74) is 7.63. The molecule has 0 aliphatic rings. The minimum Gasteiger partial charge on any atom is -0.399 e. The highest BCUT2D eigenvalue weighted by molar-refractivity contribution is 7.89. The number of anilines is 1. The van der Waals surface area contributed by atoms with E-state index in [1.54, 1.807) is 33.0 Å². The van der Waals surface area contributed by atoms with Crippen molar-refractivity contribution in [3.63, 3.8) is 0 Å². The van der Waals surface area contributed by atoms with E-state index in [9.17, 15) is 8.42 Å². The molecule has 2 N–H and O–H groups in total. The minimum absolute atomic E-state index is 0.333. The number of nitrogens with zero attached hydrogens (tertiary/aromatic N) is 1. The first kappa shape index (κ1) is 15.9. The lowest BCUT2D eigenvalue weighted by atomic mass is 10.1. The Labute approximate surface area is 115 Å². The van der Waals surface area contributed by atoms with Gasteiger partial charge >= 0.3 is 0 Å². The van der Waals surface area contributed by atoms with Crippen LogP contribution in [0.15, 0.2) is 17.0 Å². The van der Waals surface area contributed by atoms with Gasteiger partial charge in [-0.25, -0.2) is 8.42 Å². The number of aryl methyl sites for hydroxylation is 2. The van der Waals surface area contributed by atoms with Gasteiger partial charge in [-0.2, -0.15) is 4.31 Å². The molecule has 5 nitrogen and oxygen atoms in total. The van der Waals surface area contributed by atoms with E-state index >= 15 is 0 Å². The highest BCUT2D eigenvalue weighted by Crippen LogP contribution is 2.25. The highest BCUT2D eigenvalue weighted by Gasteiger charge is 2.24. The van der Waals surface area contributed by atoms with E-state index in [0.29, 0.717) is 41.5 Å². The van der Waals surface area contributed by atoms with Crippen LogP contribution in [-0.2, 0) is 14.8 Å². The molecule has 0 atom stereocenters. The quantitative estimate of drug-likeness (QED) is 0.636. The number of benzene rings is 1. The summed E-state index contributed by atoms with van der Waals surface area (Å²) in [5, 5.41) is 0. The van der Waals surface area contributed by atoms with Crippen LogP contribution in [0.25, 0.3) is 0 Å². The van der Waals surface area contributed by atoms with Crippen molar-refractivity contribution in [1.82, 2.24) is 4.31 Å². The summed E-state index contributed by atoms with van der Waals surface area (Å²) < 4.78 is 31.5. The van der Waals surface area contributed by atoms with Crippen LogP contribution in [0.1, 0.15) is 18.1 Å². The normalized spacial score (nSPS) is 12.1. The molecule has 0 saturated carbocycles. The van der Waals surface area contributed by atoms with Gasteiger partial charge in [-0.3, -0.25) is 0 Å². The fourth-order valence-electron chi connectivity index (χ4n) is 2.00. The Morgan fingerprint density at radius 3 is 2.26 bits per heavy atom. The zero-order valence-electron chi connectivity index (χ0n) is 11.9. The Kier molecular flexibility index (Phi) is 5.34. The maximum atomic E-state index is 12.5. The number of sulfonamides is 1. The molecule has 0 heterocycles. The molecule has 1 rings (SSSR count). The van der Waals surface area contributed by atoms with Gasteiger partial charge < -0.3 is 10.5 Å². The molecule has 6 heteroatoms. The van der Waals surface area contributed by atoms with Gasteiger partial charge in [-0.15, -0.1) is 0 Å². The van der Waals surface area contributed by atoms with Crippen molar-refractivity contribution in [2.45, 2.75) is 25.7 Å². The number of hydrogen-bond acceptors (Lipinski definition) is 4. The van der Waals surface area contributed by atoms with Crippen LogP contribution in [0, 0.1) is 13.8 Å². The van der Waals surface area contributed by atoms with Crippen LogP contribution in [0.3, 0.4) is 0 Å². The number of ether oxygens (including phenoxy) is 1. The predicted octanol–water partition coefficient (Wildman–Crippen LogP) is 1.54. The van der Waals surface area contributed by atoms with Gasteiger partial charge in [0, 0.05) is 25.9 Å². The second-order valence-electron chi connectivity index (χ2n) is 4.51. The van der Waals surface area contributed by atoms with E-state index in [2.05, 4.69) is 0 Å². The molecule has 0 radical (unpaired) electrons. The third-order valence-electron chi connectivity index (χ3n) is 2.91. The molecule has 0 amide bonds. The fraction of sp³-hybridized carbons (Fsp3) is 0.538. The van der Waals surface area contributed by atoms with Crippen molar-refractivity contribution in [3.05, 3.63) is 23.3 Å². The van der Waals surface area contributed by atoms with E-state index in [-0.39, 0.29) is 0 Å². The van der Waals surface area contributed by atoms with Gasteiger partial charge in [0.25, 0.3) is 0 Å². The van der Waals surface area contributed by atoms with E-state index in [0.717, 1.165) is 0 Å². The van der Waals surface area contributed by atoms with Crippen molar-refractivity contribution in [3.8, 4) is 0 Å². The average Bonchev–Trinajstić information content (AvgIpc) is 2.27. The number of nitrogens with two attached hydrogens (primary N) is 1. The first-order valence-electron chi connectivity index (χ1n) is 6.21. The van der Waals surface area contributed by atoms with Gasteiger partial charge in [0.15, 0.2) is 0 Å². The minimum atomic E-state index is -3.50. The number of rotatable bonds is 6. The third-order valence-corrected chi connectivity index (χ3v) is 5.07. The van der Waals surface area contributed by atoms with Crippen molar-refractivity contribution in [1.29, 1.82) is 0 Å². The maximum absolute atomic E-state index is 12.5. The molecule has 0 unspecified atom stereocenters. The van der Waals surface area contributed by atoms with Gasteiger partial charge in [0.2, 0.25) is 10.0 Å². The van der Waals surface area contributed by atoms with Crippen molar-refractivity contribution >= 4 is 15.7 Å². The van der Waals surface area contributed by atoms with Crippen molar-refractivity contribution < 1.29 is 13.2 Å². The molecule has 0 aliphatic carbocycles. The summed E-state index contributed by atoms with van der Waals surface area (Å²) in [6.07, 6.45) is 0. The monoisotopic (exact) mass is 286 g/mol. The van der Waals surface area contributed by atoms with Crippen LogP contribution >= 0.6 is 0 Å². The topological polar surface area (TPSA) is 72.6 Å². The van der Waals surface area contributed by atoms with E-state index in [1.807, 2.05) is 6.92 Å². The van der Waals surface area contributed by atoms with E-state index in [4.69, 9.17) is 10.5 Å². The molecule has 0 spiro atoms. The predicted molar refractivity (Wildman–Crippen MR) is 76.6 cm³/mol. The molecule has 108 valence electrons. The Balaban J connectivity index is 3.07. The van der Waals surface area contributed by atoms with E-state index < -0.39 is 10.0 Å². The molecule has 1 aromatic rings. The van der Waals surface area contributed by atoms with Crippen LogP contribution in [0.4, 0.5) is 5.69 Å². The maximum Gasteiger partial charge on any atom is 0.243 e. The Hall–Kier alpha value is -1.11. The summed E-state index contributed by atoms with van der Waals surface area (Å²) in [6.45, 7) is 6.69. The average molecular weight is 286 g/mol. The lowest BCUT2D eigenvalue weighted by Gasteiger charge is -2.20. The molecule has 0 aliphatic heterocycles. The lowest BCUT2D eigenvalue weighted by Crippen LogP contribution is -2.31.